The molecular formula is C26H32N4O2. The van der Waals surface area contributed by atoms with Crippen molar-refractivity contribution in [2.24, 2.45) is 0 Å². The van der Waals surface area contributed by atoms with Gasteiger partial charge in [-0.3, -0.25) is 9.78 Å². The van der Waals surface area contributed by atoms with Crippen LogP contribution < -0.4 is 0 Å². The molecule has 0 unspecified atom stereocenters. The lowest BCUT2D eigenvalue weighted by molar-refractivity contribution is -0.132. The highest BCUT2D eigenvalue weighted by molar-refractivity contribution is 5.77. The molecule has 1 saturated heterocycles. The van der Waals surface area contributed by atoms with Gasteiger partial charge in [0.05, 0.1) is 11.7 Å². The minimum absolute atomic E-state index is 0.0342. The number of aromatic nitrogens is 3. The number of carbonyl (C=O) groups is 1. The van der Waals surface area contributed by atoms with Gasteiger partial charge in [-0.25, -0.2) is 0 Å². The van der Waals surface area contributed by atoms with E-state index < -0.39 is 0 Å². The van der Waals surface area contributed by atoms with Crippen molar-refractivity contribution >= 4 is 5.91 Å². The van der Waals surface area contributed by atoms with Gasteiger partial charge in [0, 0.05) is 31.0 Å². The first-order valence-electron chi connectivity index (χ1n) is 11.5. The highest BCUT2D eigenvalue weighted by Crippen LogP contribution is 2.32. The number of carbonyl (C=O) groups excluding carboxylic acids is 1. The minimum atomic E-state index is 0.0342. The zero-order valence-corrected chi connectivity index (χ0v) is 19.5. The van der Waals surface area contributed by atoms with Crippen molar-refractivity contribution < 1.29 is 9.21 Å². The normalized spacial score (nSPS) is 16.2. The molecule has 4 rings (SSSR count). The number of amides is 1. The van der Waals surface area contributed by atoms with Crippen molar-refractivity contribution in [3.63, 3.8) is 0 Å². The van der Waals surface area contributed by atoms with Crippen LogP contribution in [0.3, 0.4) is 0 Å². The Morgan fingerprint density at radius 2 is 2.00 bits per heavy atom. The van der Waals surface area contributed by atoms with Crippen LogP contribution in [0.5, 0.6) is 0 Å². The van der Waals surface area contributed by atoms with Gasteiger partial charge >= 0.3 is 0 Å². The van der Waals surface area contributed by atoms with Crippen molar-refractivity contribution in [1.82, 2.24) is 20.1 Å². The van der Waals surface area contributed by atoms with Crippen molar-refractivity contribution in [2.75, 3.05) is 6.54 Å². The zero-order chi connectivity index (χ0) is 22.7. The molecule has 168 valence electrons. The van der Waals surface area contributed by atoms with Crippen LogP contribution in [0.4, 0.5) is 0 Å². The van der Waals surface area contributed by atoms with Gasteiger partial charge in [0.2, 0.25) is 17.7 Å². The molecule has 0 spiro atoms. The van der Waals surface area contributed by atoms with Crippen LogP contribution >= 0.6 is 0 Å². The van der Waals surface area contributed by atoms with E-state index >= 15 is 0 Å². The summed E-state index contributed by atoms with van der Waals surface area (Å²) in [6.07, 6.45) is 3.67. The number of hydrogen-bond donors (Lipinski definition) is 0. The molecule has 1 fully saturated rings. The number of nitrogens with zero attached hydrogens (tertiary/aromatic N) is 4. The van der Waals surface area contributed by atoms with Crippen LogP contribution in [-0.2, 0) is 17.6 Å². The molecule has 0 radical (unpaired) electrons. The molecule has 0 aliphatic carbocycles. The van der Waals surface area contributed by atoms with E-state index in [1.165, 1.54) is 16.7 Å². The van der Waals surface area contributed by atoms with E-state index in [1.807, 2.05) is 25.7 Å². The predicted molar refractivity (Wildman–Crippen MR) is 123 cm³/mol. The molecular weight excluding hydrogens is 400 g/mol. The Morgan fingerprint density at radius 3 is 2.75 bits per heavy atom. The van der Waals surface area contributed by atoms with Crippen molar-refractivity contribution in [2.45, 2.75) is 71.8 Å². The maximum Gasteiger partial charge on any atom is 0.223 e. The van der Waals surface area contributed by atoms with Gasteiger partial charge in [-0.1, -0.05) is 38.1 Å². The Kier molecular flexibility index (Phi) is 6.68. The third-order valence-electron chi connectivity index (χ3n) is 6.13. The number of likely N-dealkylation sites (tertiary alicyclic amines) is 1. The Bertz CT molecular complexity index is 1090. The second-order valence-electron chi connectivity index (χ2n) is 9.08. The molecule has 1 aliphatic heterocycles. The third kappa shape index (κ3) is 5.06. The highest BCUT2D eigenvalue weighted by atomic mass is 16.4. The number of rotatable bonds is 7. The van der Waals surface area contributed by atoms with E-state index in [2.05, 4.69) is 53.5 Å². The third-order valence-corrected chi connectivity index (χ3v) is 6.13. The smallest absolute Gasteiger partial charge is 0.223 e. The molecule has 1 aliphatic rings. The fourth-order valence-electron chi connectivity index (χ4n) is 4.40. The van der Waals surface area contributed by atoms with Gasteiger partial charge in [0.1, 0.15) is 0 Å². The maximum absolute atomic E-state index is 13.1. The first-order valence-corrected chi connectivity index (χ1v) is 11.5. The second kappa shape index (κ2) is 9.63. The van der Waals surface area contributed by atoms with Crippen LogP contribution in [0.1, 0.15) is 84.9 Å². The van der Waals surface area contributed by atoms with Crippen molar-refractivity contribution in [1.29, 1.82) is 0 Å². The summed E-state index contributed by atoms with van der Waals surface area (Å²) in [6, 6.07) is 12.9. The molecule has 0 bridgehead atoms. The molecule has 2 aromatic heterocycles. The van der Waals surface area contributed by atoms with Crippen molar-refractivity contribution in [3.8, 4) is 0 Å². The topological polar surface area (TPSA) is 72.1 Å². The van der Waals surface area contributed by atoms with E-state index in [9.17, 15) is 4.79 Å². The Hall–Kier alpha value is -3.02. The molecule has 0 N–H and O–H groups in total. The summed E-state index contributed by atoms with van der Waals surface area (Å²) in [5, 5.41) is 8.15. The first-order chi connectivity index (χ1) is 15.4. The van der Waals surface area contributed by atoms with Gasteiger partial charge in [0.25, 0.3) is 0 Å². The SMILES string of the molecule is Cc1cc(Cc2ccccc2C)cc([C@@H]2CCCN2C(=O)CCc2nnc(C(C)C)o2)n1. The van der Waals surface area contributed by atoms with Gasteiger partial charge in [-0.2, -0.15) is 0 Å². The Morgan fingerprint density at radius 1 is 1.19 bits per heavy atom. The van der Waals surface area contributed by atoms with Gasteiger partial charge in [0.15, 0.2) is 0 Å². The molecule has 32 heavy (non-hydrogen) atoms. The summed E-state index contributed by atoms with van der Waals surface area (Å²) in [5.74, 6) is 1.47. The molecule has 1 amide bonds. The number of aryl methyl sites for hydroxylation is 3. The van der Waals surface area contributed by atoms with E-state index in [-0.39, 0.29) is 17.9 Å². The summed E-state index contributed by atoms with van der Waals surface area (Å²) in [6.45, 7) is 8.98. The fourth-order valence-corrected chi connectivity index (χ4v) is 4.40. The molecule has 1 atom stereocenters. The van der Waals surface area contributed by atoms with E-state index in [1.54, 1.807) is 0 Å². The van der Waals surface area contributed by atoms with Crippen LogP contribution in [0.2, 0.25) is 0 Å². The average Bonchev–Trinajstić information content (AvgIpc) is 3.43. The predicted octanol–water partition coefficient (Wildman–Crippen LogP) is 5.09. The highest BCUT2D eigenvalue weighted by Gasteiger charge is 2.31. The van der Waals surface area contributed by atoms with Gasteiger partial charge < -0.3 is 9.32 Å². The minimum Gasteiger partial charge on any atom is -0.425 e. The average molecular weight is 433 g/mol. The van der Waals surface area contributed by atoms with Crippen LogP contribution in [0, 0.1) is 13.8 Å². The standard InChI is InChI=1S/C26H32N4O2/c1-17(2)26-29-28-24(32-26)11-12-25(31)30-13-7-10-23(30)22-16-20(14-19(4)27-22)15-21-9-6-5-8-18(21)3/h5-6,8-9,14,16-17,23H,7,10-13,15H2,1-4H3/t23-/m0/s1. The quantitative estimate of drug-likeness (QED) is 0.520. The summed E-state index contributed by atoms with van der Waals surface area (Å²) in [5.41, 5.74) is 5.86. The lowest BCUT2D eigenvalue weighted by Crippen LogP contribution is -2.31. The van der Waals surface area contributed by atoms with Crippen LogP contribution in [-0.4, -0.2) is 32.5 Å². The molecule has 6 heteroatoms. The lowest BCUT2D eigenvalue weighted by Gasteiger charge is -2.25. The first kappa shape index (κ1) is 22.2. The second-order valence-corrected chi connectivity index (χ2v) is 9.08. The molecule has 3 heterocycles. The monoisotopic (exact) mass is 432 g/mol. The van der Waals surface area contributed by atoms with Gasteiger partial charge in [-0.05, 0) is 61.9 Å². The van der Waals surface area contributed by atoms with Gasteiger partial charge in [-0.15, -0.1) is 10.2 Å². The summed E-state index contributed by atoms with van der Waals surface area (Å²) in [4.78, 5) is 19.9. The molecule has 0 saturated carbocycles. The maximum atomic E-state index is 13.1. The summed E-state index contributed by atoms with van der Waals surface area (Å²) < 4.78 is 5.66. The fraction of sp³-hybridized carbons (Fsp3) is 0.462. The number of benzene rings is 1. The summed E-state index contributed by atoms with van der Waals surface area (Å²) in [7, 11) is 0. The molecule has 1 aromatic carbocycles. The Balaban J connectivity index is 1.46. The zero-order valence-electron chi connectivity index (χ0n) is 19.5. The van der Waals surface area contributed by atoms with Crippen LogP contribution in [0.25, 0.3) is 0 Å². The van der Waals surface area contributed by atoms with E-state index in [0.717, 1.165) is 37.2 Å². The summed E-state index contributed by atoms with van der Waals surface area (Å²) >= 11 is 0. The number of pyridine rings is 1. The lowest BCUT2D eigenvalue weighted by atomic mass is 9.98. The van der Waals surface area contributed by atoms with E-state index in [0.29, 0.717) is 24.6 Å². The van der Waals surface area contributed by atoms with Crippen LogP contribution in [0.15, 0.2) is 40.8 Å². The number of hydrogen-bond acceptors (Lipinski definition) is 5. The largest absolute Gasteiger partial charge is 0.425 e. The molecule has 6 nitrogen and oxygen atoms in total. The Labute approximate surface area is 190 Å². The van der Waals surface area contributed by atoms with E-state index in [4.69, 9.17) is 9.40 Å². The van der Waals surface area contributed by atoms with Crippen molar-refractivity contribution in [3.05, 3.63) is 76.3 Å². The molecule has 3 aromatic rings.